The minimum absolute atomic E-state index is 0.422. The van der Waals surface area contributed by atoms with Crippen LogP contribution in [0.25, 0.3) is 16.8 Å². The molecule has 140 valence electrons. The molecular formula is C22H21N5O. The average Bonchev–Trinajstić information content (AvgIpc) is 3.07. The summed E-state index contributed by atoms with van der Waals surface area (Å²) in [6.07, 6.45) is 9.07. The van der Waals surface area contributed by atoms with Crippen LogP contribution in [0.5, 0.6) is 5.75 Å². The van der Waals surface area contributed by atoms with Crippen LogP contribution in [-0.4, -0.2) is 19.4 Å². The molecule has 0 radical (unpaired) electrons. The maximum absolute atomic E-state index is 6.23. The summed E-state index contributed by atoms with van der Waals surface area (Å²) in [6.45, 7) is 0.422. The van der Waals surface area contributed by atoms with E-state index in [1.807, 2.05) is 48.7 Å². The molecule has 0 amide bonds. The summed E-state index contributed by atoms with van der Waals surface area (Å²) in [5, 5.41) is 0. The van der Waals surface area contributed by atoms with E-state index in [2.05, 4.69) is 14.4 Å². The highest BCUT2D eigenvalue weighted by molar-refractivity contribution is 5.85. The minimum atomic E-state index is 0.422. The van der Waals surface area contributed by atoms with E-state index in [-0.39, 0.29) is 0 Å². The fourth-order valence-electron chi connectivity index (χ4n) is 3.62. The zero-order chi connectivity index (χ0) is 18.9. The van der Waals surface area contributed by atoms with Crippen molar-refractivity contribution in [3.05, 3.63) is 72.6 Å². The minimum Gasteiger partial charge on any atom is -0.487 e. The van der Waals surface area contributed by atoms with Crippen LogP contribution in [0.1, 0.15) is 36.7 Å². The molecule has 3 heterocycles. The molecule has 1 saturated carbocycles. The second-order valence-corrected chi connectivity index (χ2v) is 7.12. The molecule has 6 heteroatoms. The highest BCUT2D eigenvalue weighted by Gasteiger charge is 2.26. The van der Waals surface area contributed by atoms with E-state index in [4.69, 9.17) is 15.5 Å². The van der Waals surface area contributed by atoms with Gasteiger partial charge in [0.1, 0.15) is 35.2 Å². The van der Waals surface area contributed by atoms with Gasteiger partial charge in [0.2, 0.25) is 0 Å². The van der Waals surface area contributed by atoms with Crippen LogP contribution in [0.3, 0.4) is 0 Å². The predicted molar refractivity (Wildman–Crippen MR) is 108 cm³/mol. The fraction of sp³-hybridized carbons (Fsp3) is 0.227. The van der Waals surface area contributed by atoms with Crippen molar-refractivity contribution in [1.82, 2.24) is 19.4 Å². The first kappa shape index (κ1) is 16.7. The molecular weight excluding hydrogens is 350 g/mol. The van der Waals surface area contributed by atoms with Gasteiger partial charge in [-0.1, -0.05) is 24.6 Å². The SMILES string of the molecule is Nc1nccn2c(C3CCC3)nc(-c3cccc(OCc4ccccn4)c3)c12. The van der Waals surface area contributed by atoms with Crippen molar-refractivity contribution < 1.29 is 4.74 Å². The predicted octanol–water partition coefficient (Wildman–Crippen LogP) is 4.22. The standard InChI is InChI=1S/C22H21N5O/c23-21-20-19(26-22(15-5-3-6-15)27(20)12-11-25-21)16-7-4-9-18(13-16)28-14-17-8-1-2-10-24-17/h1-2,4,7-13,15H,3,5-6,14H2,(H2,23,25). The van der Waals surface area contributed by atoms with Crippen molar-refractivity contribution in [3.63, 3.8) is 0 Å². The van der Waals surface area contributed by atoms with Gasteiger partial charge in [0.05, 0.1) is 5.69 Å². The maximum atomic E-state index is 6.23. The van der Waals surface area contributed by atoms with Crippen LogP contribution >= 0.6 is 0 Å². The number of hydrogen-bond donors (Lipinski definition) is 1. The molecule has 6 nitrogen and oxygen atoms in total. The molecule has 0 saturated heterocycles. The monoisotopic (exact) mass is 371 g/mol. The Hall–Kier alpha value is -3.41. The van der Waals surface area contributed by atoms with Gasteiger partial charge >= 0.3 is 0 Å². The molecule has 1 aliphatic rings. The molecule has 1 aromatic carbocycles. The molecule has 0 unspecified atom stereocenters. The zero-order valence-electron chi connectivity index (χ0n) is 15.5. The summed E-state index contributed by atoms with van der Waals surface area (Å²) >= 11 is 0. The van der Waals surface area contributed by atoms with Gasteiger partial charge in [0, 0.05) is 30.1 Å². The Morgan fingerprint density at radius 2 is 2.00 bits per heavy atom. The Kier molecular flexibility index (Phi) is 4.16. The number of benzene rings is 1. The van der Waals surface area contributed by atoms with E-state index in [1.54, 1.807) is 12.4 Å². The topological polar surface area (TPSA) is 78.3 Å². The number of anilines is 1. The van der Waals surface area contributed by atoms with Crippen molar-refractivity contribution in [2.24, 2.45) is 0 Å². The van der Waals surface area contributed by atoms with E-state index in [9.17, 15) is 0 Å². The Morgan fingerprint density at radius 1 is 1.07 bits per heavy atom. The number of aromatic nitrogens is 4. The van der Waals surface area contributed by atoms with E-state index in [0.717, 1.165) is 34.0 Å². The number of ether oxygens (including phenoxy) is 1. The third-order valence-corrected chi connectivity index (χ3v) is 5.30. The van der Waals surface area contributed by atoms with Crippen molar-refractivity contribution in [2.45, 2.75) is 31.8 Å². The van der Waals surface area contributed by atoms with Crippen molar-refractivity contribution >= 4 is 11.3 Å². The van der Waals surface area contributed by atoms with Crippen molar-refractivity contribution in [3.8, 4) is 17.0 Å². The van der Waals surface area contributed by atoms with Gasteiger partial charge in [-0.2, -0.15) is 0 Å². The Morgan fingerprint density at radius 3 is 2.79 bits per heavy atom. The second kappa shape index (κ2) is 6.96. The molecule has 1 fully saturated rings. The average molecular weight is 371 g/mol. The van der Waals surface area contributed by atoms with Gasteiger partial charge < -0.3 is 10.5 Å². The Balaban J connectivity index is 1.51. The Labute approximate surface area is 163 Å². The normalized spacial score (nSPS) is 14.1. The highest BCUT2D eigenvalue weighted by atomic mass is 16.5. The van der Waals surface area contributed by atoms with E-state index in [1.165, 1.54) is 19.3 Å². The number of nitrogens with zero attached hydrogens (tertiary/aromatic N) is 4. The molecule has 0 spiro atoms. The van der Waals surface area contributed by atoms with Gasteiger partial charge in [0.25, 0.3) is 0 Å². The number of nitrogens with two attached hydrogens (primary N) is 1. The summed E-state index contributed by atoms with van der Waals surface area (Å²) < 4.78 is 8.04. The highest BCUT2D eigenvalue weighted by Crippen LogP contribution is 2.39. The number of rotatable bonds is 5. The summed E-state index contributed by atoms with van der Waals surface area (Å²) in [4.78, 5) is 13.6. The van der Waals surface area contributed by atoms with Gasteiger partial charge in [-0.05, 0) is 37.1 Å². The summed E-state index contributed by atoms with van der Waals surface area (Å²) in [6, 6.07) is 13.8. The third-order valence-electron chi connectivity index (χ3n) is 5.30. The van der Waals surface area contributed by atoms with Gasteiger partial charge in [0.15, 0.2) is 0 Å². The molecule has 28 heavy (non-hydrogen) atoms. The number of pyridine rings is 1. The summed E-state index contributed by atoms with van der Waals surface area (Å²) in [7, 11) is 0. The first-order valence-corrected chi connectivity index (χ1v) is 9.55. The van der Waals surface area contributed by atoms with Crippen molar-refractivity contribution in [1.29, 1.82) is 0 Å². The lowest BCUT2D eigenvalue weighted by atomic mass is 9.85. The second-order valence-electron chi connectivity index (χ2n) is 7.12. The largest absolute Gasteiger partial charge is 0.487 e. The van der Waals surface area contributed by atoms with Gasteiger partial charge in [-0.3, -0.25) is 9.38 Å². The third kappa shape index (κ3) is 2.97. The van der Waals surface area contributed by atoms with Crippen LogP contribution in [0.15, 0.2) is 61.1 Å². The maximum Gasteiger partial charge on any atom is 0.150 e. The van der Waals surface area contributed by atoms with Gasteiger partial charge in [-0.25, -0.2) is 9.97 Å². The number of hydrogen-bond acceptors (Lipinski definition) is 5. The molecule has 3 aromatic heterocycles. The number of nitrogen functional groups attached to an aromatic ring is 1. The molecule has 0 atom stereocenters. The summed E-state index contributed by atoms with van der Waals surface area (Å²) in [5.41, 5.74) is 9.82. The molecule has 5 rings (SSSR count). The quantitative estimate of drug-likeness (QED) is 0.568. The Bertz CT molecular complexity index is 1120. The van der Waals surface area contributed by atoms with Crippen molar-refractivity contribution in [2.75, 3.05) is 5.73 Å². The molecule has 0 bridgehead atoms. The molecule has 1 aliphatic carbocycles. The van der Waals surface area contributed by atoms with Crippen LogP contribution in [0.4, 0.5) is 5.82 Å². The number of imidazole rings is 1. The lowest BCUT2D eigenvalue weighted by Gasteiger charge is -2.23. The molecule has 2 N–H and O–H groups in total. The van der Waals surface area contributed by atoms with Crippen LogP contribution in [0.2, 0.25) is 0 Å². The smallest absolute Gasteiger partial charge is 0.150 e. The van der Waals surface area contributed by atoms with Crippen LogP contribution in [0, 0.1) is 0 Å². The lowest BCUT2D eigenvalue weighted by molar-refractivity contribution is 0.301. The van der Waals surface area contributed by atoms with Crippen LogP contribution < -0.4 is 10.5 Å². The zero-order valence-corrected chi connectivity index (χ0v) is 15.5. The first-order chi connectivity index (χ1) is 13.8. The molecule has 4 aromatic rings. The first-order valence-electron chi connectivity index (χ1n) is 9.55. The summed E-state index contributed by atoms with van der Waals surface area (Å²) in [5.74, 6) is 2.84. The van der Waals surface area contributed by atoms with Crippen LogP contribution in [-0.2, 0) is 6.61 Å². The molecule has 0 aliphatic heterocycles. The van der Waals surface area contributed by atoms with E-state index in [0.29, 0.717) is 18.3 Å². The van der Waals surface area contributed by atoms with Gasteiger partial charge in [-0.15, -0.1) is 0 Å². The van der Waals surface area contributed by atoms with E-state index >= 15 is 0 Å². The lowest BCUT2D eigenvalue weighted by Crippen LogP contribution is -2.12. The van der Waals surface area contributed by atoms with E-state index < -0.39 is 0 Å². The number of fused-ring (bicyclic) bond motifs is 1. The fourth-order valence-corrected chi connectivity index (χ4v) is 3.62.